The number of nitrogens with zero attached hydrogens (tertiary/aromatic N) is 1. The van der Waals surface area contributed by atoms with Gasteiger partial charge in [0.2, 0.25) is 0 Å². The number of aliphatic hydroxyl groups excluding tert-OH is 1. The molecule has 11 heteroatoms. The lowest BCUT2D eigenvalue weighted by molar-refractivity contribution is -0.270. The van der Waals surface area contributed by atoms with E-state index in [1.165, 1.54) is 20.8 Å². The lowest BCUT2D eigenvalue weighted by atomic mass is 9.42. The summed E-state index contributed by atoms with van der Waals surface area (Å²) in [6, 6.07) is 5.00. The third kappa shape index (κ3) is 4.77. The number of fused-ring (bicyclic) bond motifs is 4. The highest BCUT2D eigenvalue weighted by molar-refractivity contribution is 5.67. The smallest absolute Gasteiger partial charge is 0.345 e. The zero-order valence-corrected chi connectivity index (χ0v) is 24.7. The van der Waals surface area contributed by atoms with E-state index in [0.29, 0.717) is 18.4 Å². The predicted molar refractivity (Wildman–Crippen MR) is 147 cm³/mol. The topological polar surface area (TPSA) is 151 Å². The summed E-state index contributed by atoms with van der Waals surface area (Å²) >= 11 is 0. The van der Waals surface area contributed by atoms with Gasteiger partial charge in [0.25, 0.3) is 0 Å². The molecule has 5 rings (SSSR count). The van der Waals surface area contributed by atoms with Crippen LogP contribution in [0, 0.1) is 22.7 Å². The van der Waals surface area contributed by atoms with Gasteiger partial charge in [0.05, 0.1) is 6.10 Å². The molecule has 3 unspecified atom stereocenters. The third-order valence-electron chi connectivity index (χ3n) is 9.73. The highest BCUT2D eigenvalue weighted by Gasteiger charge is 2.70. The zero-order valence-electron chi connectivity index (χ0n) is 24.7. The Balaban J connectivity index is 1.66. The molecule has 226 valence electrons. The first-order chi connectivity index (χ1) is 19.7. The minimum absolute atomic E-state index is 0.0163. The average Bonchev–Trinajstić information content (AvgIpc) is 2.90. The van der Waals surface area contributed by atoms with Crippen LogP contribution in [0.2, 0.25) is 0 Å². The average molecular weight is 584 g/mol. The monoisotopic (exact) mass is 583 g/mol. The fraction of sp³-hybridized carbons (Fsp3) is 0.581. The molecule has 3 heterocycles. The summed E-state index contributed by atoms with van der Waals surface area (Å²) in [6.45, 7) is 9.56. The minimum atomic E-state index is -1.34. The Labute approximate surface area is 243 Å². The van der Waals surface area contributed by atoms with Gasteiger partial charge in [0, 0.05) is 56.1 Å². The standard InChI is InChI=1S/C31H37NO10/c1-16(33)38-15-30(5)22-13-24(40-18(3)35)31(6)27(29(22,4)10-9-23(30)39-17(2)34)26(36)25-21(42-31)12-20(41-28(25)37)19-8-7-11-32-14-19/h7-8,11-12,14,22-24,26-27,36H,9-10,13,15H2,1-6H3/t22?,23-,24-,26-,27?,29?,30-,31+/m0/s1. The van der Waals surface area contributed by atoms with Gasteiger partial charge in [-0.2, -0.15) is 0 Å². The molecule has 2 saturated carbocycles. The Morgan fingerprint density at radius 3 is 2.38 bits per heavy atom. The van der Waals surface area contributed by atoms with Gasteiger partial charge in [0.1, 0.15) is 41.5 Å². The van der Waals surface area contributed by atoms with E-state index in [2.05, 4.69) is 4.98 Å². The first-order valence-electron chi connectivity index (χ1n) is 14.1. The van der Waals surface area contributed by atoms with Gasteiger partial charge >= 0.3 is 23.5 Å². The molecule has 0 spiro atoms. The van der Waals surface area contributed by atoms with Crippen LogP contribution in [0.3, 0.4) is 0 Å². The summed E-state index contributed by atoms with van der Waals surface area (Å²) in [5, 5.41) is 12.1. The van der Waals surface area contributed by atoms with Crippen molar-refractivity contribution in [3.63, 3.8) is 0 Å². The van der Waals surface area contributed by atoms with E-state index in [1.807, 2.05) is 13.8 Å². The molecule has 3 aliphatic rings. The number of rotatable bonds is 5. The number of carbonyl (C=O) groups excluding carboxylic acids is 3. The van der Waals surface area contributed by atoms with Crippen molar-refractivity contribution < 1.29 is 42.9 Å². The van der Waals surface area contributed by atoms with Crippen molar-refractivity contribution >= 4 is 17.9 Å². The maximum absolute atomic E-state index is 13.4. The molecule has 1 aliphatic heterocycles. The Bertz CT molecular complexity index is 1460. The Morgan fingerprint density at radius 2 is 1.76 bits per heavy atom. The fourth-order valence-corrected chi connectivity index (χ4v) is 8.04. The Morgan fingerprint density at radius 1 is 1.07 bits per heavy atom. The van der Waals surface area contributed by atoms with Gasteiger partial charge in [-0.1, -0.05) is 13.8 Å². The van der Waals surface area contributed by atoms with Crippen LogP contribution in [0.15, 0.2) is 39.8 Å². The Kier molecular flexibility index (Phi) is 7.45. The van der Waals surface area contributed by atoms with Gasteiger partial charge in [-0.05, 0) is 49.7 Å². The largest absolute Gasteiger partial charge is 0.482 e. The molecule has 0 radical (unpaired) electrons. The molecule has 0 saturated heterocycles. The number of pyridine rings is 1. The van der Waals surface area contributed by atoms with E-state index in [4.69, 9.17) is 23.4 Å². The Hall–Kier alpha value is -3.73. The number of aliphatic hydroxyl groups is 1. The van der Waals surface area contributed by atoms with E-state index in [1.54, 1.807) is 37.5 Å². The van der Waals surface area contributed by atoms with Crippen LogP contribution >= 0.6 is 0 Å². The lowest BCUT2D eigenvalue weighted by Crippen LogP contribution is -2.71. The number of ether oxygens (including phenoxy) is 4. The SMILES string of the molecule is CC(=O)OC[C@@]1(C)C2C[C@H](OC(C)=O)[C@@]3(C)Oc4cc(-c5cccnc5)oc(=O)c4[C@H](O)C3C2(C)CC[C@@H]1OC(C)=O. The fourth-order valence-electron chi connectivity index (χ4n) is 8.04. The summed E-state index contributed by atoms with van der Waals surface area (Å²) < 4.78 is 29.5. The summed E-state index contributed by atoms with van der Waals surface area (Å²) in [5.74, 6) is -2.25. The quantitative estimate of drug-likeness (QED) is 0.405. The maximum atomic E-state index is 13.4. The molecule has 2 aromatic heterocycles. The van der Waals surface area contributed by atoms with Crippen molar-refractivity contribution in [3.05, 3.63) is 46.6 Å². The molecule has 11 nitrogen and oxygen atoms in total. The molecule has 0 aromatic carbocycles. The van der Waals surface area contributed by atoms with Crippen LogP contribution in [0.25, 0.3) is 11.3 Å². The number of hydrogen-bond donors (Lipinski definition) is 1. The minimum Gasteiger partial charge on any atom is -0.482 e. The van der Waals surface area contributed by atoms with Crippen molar-refractivity contribution in [2.24, 2.45) is 22.7 Å². The number of hydrogen-bond acceptors (Lipinski definition) is 11. The normalized spacial score (nSPS) is 35.0. The number of carbonyl (C=O) groups is 3. The van der Waals surface area contributed by atoms with E-state index in [9.17, 15) is 24.3 Å². The van der Waals surface area contributed by atoms with Gasteiger partial charge < -0.3 is 28.5 Å². The molecule has 1 N–H and O–H groups in total. The molecule has 8 atom stereocenters. The third-order valence-corrected chi connectivity index (χ3v) is 9.73. The van der Waals surface area contributed by atoms with Crippen LogP contribution < -0.4 is 10.4 Å². The number of esters is 3. The van der Waals surface area contributed by atoms with Crippen LogP contribution in [-0.2, 0) is 28.6 Å². The summed E-state index contributed by atoms with van der Waals surface area (Å²) in [7, 11) is 0. The highest BCUT2D eigenvalue weighted by Crippen LogP contribution is 2.67. The summed E-state index contributed by atoms with van der Waals surface area (Å²) in [5.41, 5.74) is -3.09. The molecule has 2 aliphatic carbocycles. The van der Waals surface area contributed by atoms with Gasteiger partial charge in [-0.3, -0.25) is 19.4 Å². The van der Waals surface area contributed by atoms with Crippen LogP contribution in [0.4, 0.5) is 0 Å². The van der Waals surface area contributed by atoms with Gasteiger partial charge in [-0.15, -0.1) is 0 Å². The first kappa shape index (κ1) is 29.8. The molecular weight excluding hydrogens is 546 g/mol. The molecular formula is C31H37NO10. The predicted octanol–water partition coefficient (Wildman–Crippen LogP) is 3.76. The highest BCUT2D eigenvalue weighted by atomic mass is 16.6. The van der Waals surface area contributed by atoms with Crippen molar-refractivity contribution in [2.45, 2.75) is 84.7 Å². The summed E-state index contributed by atoms with van der Waals surface area (Å²) in [6.07, 6.45) is 1.53. The molecule has 0 bridgehead atoms. The van der Waals surface area contributed by atoms with E-state index in [-0.39, 0.29) is 36.0 Å². The van der Waals surface area contributed by atoms with E-state index < -0.39 is 64.2 Å². The second-order valence-corrected chi connectivity index (χ2v) is 12.4. The van der Waals surface area contributed by atoms with E-state index >= 15 is 0 Å². The van der Waals surface area contributed by atoms with Crippen LogP contribution in [0.5, 0.6) is 5.75 Å². The maximum Gasteiger partial charge on any atom is 0.345 e. The molecule has 0 amide bonds. The van der Waals surface area contributed by atoms with E-state index in [0.717, 1.165) is 0 Å². The van der Waals surface area contributed by atoms with Crippen molar-refractivity contribution in [1.29, 1.82) is 0 Å². The van der Waals surface area contributed by atoms with Crippen LogP contribution in [0.1, 0.15) is 72.5 Å². The second-order valence-electron chi connectivity index (χ2n) is 12.4. The van der Waals surface area contributed by atoms with Crippen molar-refractivity contribution in [2.75, 3.05) is 6.61 Å². The lowest BCUT2D eigenvalue weighted by Gasteiger charge is -2.66. The second kappa shape index (κ2) is 10.5. The molecule has 42 heavy (non-hydrogen) atoms. The zero-order chi connectivity index (χ0) is 30.6. The van der Waals surface area contributed by atoms with Crippen molar-refractivity contribution in [1.82, 2.24) is 4.98 Å². The van der Waals surface area contributed by atoms with Gasteiger partial charge in [-0.25, -0.2) is 4.79 Å². The van der Waals surface area contributed by atoms with Gasteiger partial charge in [0.15, 0.2) is 0 Å². The first-order valence-corrected chi connectivity index (χ1v) is 14.1. The molecule has 2 fully saturated rings. The molecule has 2 aromatic rings. The number of aromatic nitrogens is 1. The van der Waals surface area contributed by atoms with Crippen LogP contribution in [-0.4, -0.2) is 52.4 Å². The van der Waals surface area contributed by atoms with Crippen molar-refractivity contribution in [3.8, 4) is 17.1 Å². The summed E-state index contributed by atoms with van der Waals surface area (Å²) in [4.78, 5) is 54.0.